The van der Waals surface area contributed by atoms with Crippen LogP contribution in [0.15, 0.2) is 59.8 Å². The van der Waals surface area contributed by atoms with Crippen molar-refractivity contribution in [3.05, 3.63) is 66.0 Å². The molecule has 1 atom stereocenters. The highest BCUT2D eigenvalue weighted by molar-refractivity contribution is 5.97. The highest BCUT2D eigenvalue weighted by atomic mass is 15.4. The number of para-hydroxylation sites is 2. The molecule has 148 valence electrons. The molecule has 0 saturated heterocycles. The third-order valence-corrected chi connectivity index (χ3v) is 5.04. The van der Waals surface area contributed by atoms with Gasteiger partial charge in [0.25, 0.3) is 0 Å². The van der Waals surface area contributed by atoms with Crippen molar-refractivity contribution in [2.45, 2.75) is 25.8 Å². The number of aromatic nitrogens is 3. The van der Waals surface area contributed by atoms with Gasteiger partial charge in [-0.3, -0.25) is 10.1 Å². The van der Waals surface area contributed by atoms with Gasteiger partial charge in [0, 0.05) is 29.5 Å². The molecule has 2 heterocycles. The zero-order valence-electron chi connectivity index (χ0n) is 16.6. The average Bonchev–Trinajstić information content (AvgIpc) is 3.30. The van der Waals surface area contributed by atoms with Crippen molar-refractivity contribution in [3.63, 3.8) is 0 Å². The summed E-state index contributed by atoms with van der Waals surface area (Å²) >= 11 is 0. The summed E-state index contributed by atoms with van der Waals surface area (Å²) in [6.07, 6.45) is 5.60. The van der Waals surface area contributed by atoms with E-state index in [1.54, 1.807) is 6.21 Å². The summed E-state index contributed by atoms with van der Waals surface area (Å²) < 4.78 is 1.83. The fourth-order valence-electron chi connectivity index (χ4n) is 3.68. The summed E-state index contributed by atoms with van der Waals surface area (Å²) in [6.45, 7) is 2.14. The summed E-state index contributed by atoms with van der Waals surface area (Å²) in [6, 6.07) is 16.3. The first kappa shape index (κ1) is 18.7. The molecular weight excluding hydrogens is 362 g/mol. The fraction of sp³-hybridized carbons (Fsp3) is 0.227. The van der Waals surface area contributed by atoms with E-state index in [1.165, 1.54) is 5.39 Å². The summed E-state index contributed by atoms with van der Waals surface area (Å²) in [5.74, 6) is 0.158. The number of aromatic amines is 1. The largest absolute Gasteiger partial charge is 0.361 e. The van der Waals surface area contributed by atoms with Crippen molar-refractivity contribution >= 4 is 34.0 Å². The summed E-state index contributed by atoms with van der Waals surface area (Å²) in [4.78, 5) is 3.31. The van der Waals surface area contributed by atoms with Crippen molar-refractivity contribution in [3.8, 4) is 0 Å². The van der Waals surface area contributed by atoms with Gasteiger partial charge in [-0.1, -0.05) is 49.7 Å². The number of aryl methyl sites for hydroxylation is 1. The van der Waals surface area contributed by atoms with E-state index in [0.29, 0.717) is 0 Å². The zero-order valence-corrected chi connectivity index (χ0v) is 16.6. The van der Waals surface area contributed by atoms with Gasteiger partial charge in [-0.05, 0) is 24.1 Å². The van der Waals surface area contributed by atoms with Gasteiger partial charge in [-0.25, -0.2) is 5.43 Å². The lowest BCUT2D eigenvalue weighted by Crippen LogP contribution is -2.36. The molecule has 0 bridgehead atoms. The SMILES string of the molecule is CCCC(NC(=N)N/N=C/c1nn(C)c2ccccc12)c1c[nH]c2ccccc12. The second-order valence-electron chi connectivity index (χ2n) is 7.05. The lowest BCUT2D eigenvalue weighted by atomic mass is 10.0. The molecule has 7 heteroatoms. The topological polar surface area (TPSA) is 93.9 Å². The van der Waals surface area contributed by atoms with Gasteiger partial charge >= 0.3 is 0 Å². The number of hydrogen-bond donors (Lipinski definition) is 4. The summed E-state index contributed by atoms with van der Waals surface area (Å²) in [5, 5.41) is 22.4. The monoisotopic (exact) mass is 387 g/mol. The van der Waals surface area contributed by atoms with Crippen LogP contribution in [0.25, 0.3) is 21.8 Å². The number of H-pyrrole nitrogens is 1. The van der Waals surface area contributed by atoms with Crippen molar-refractivity contribution in [2.24, 2.45) is 12.1 Å². The molecule has 7 nitrogen and oxygen atoms in total. The Morgan fingerprint density at radius 3 is 2.79 bits per heavy atom. The van der Waals surface area contributed by atoms with Crippen molar-refractivity contribution in [1.29, 1.82) is 5.41 Å². The summed E-state index contributed by atoms with van der Waals surface area (Å²) in [7, 11) is 1.91. The van der Waals surface area contributed by atoms with Crippen LogP contribution in [0.4, 0.5) is 0 Å². The van der Waals surface area contributed by atoms with E-state index in [2.05, 4.69) is 45.0 Å². The normalized spacial score (nSPS) is 12.6. The first-order chi connectivity index (χ1) is 14.2. The molecule has 29 heavy (non-hydrogen) atoms. The number of nitrogens with zero attached hydrogens (tertiary/aromatic N) is 3. The molecule has 4 N–H and O–H groups in total. The van der Waals surface area contributed by atoms with Crippen LogP contribution in [0.5, 0.6) is 0 Å². The molecule has 0 fully saturated rings. The van der Waals surface area contributed by atoms with Crippen LogP contribution >= 0.6 is 0 Å². The maximum Gasteiger partial charge on any atom is 0.209 e. The Labute approximate surface area is 169 Å². The van der Waals surface area contributed by atoms with Crippen LogP contribution in [0.3, 0.4) is 0 Å². The number of nitrogens with one attached hydrogen (secondary N) is 4. The number of guanidine groups is 1. The smallest absolute Gasteiger partial charge is 0.209 e. The Balaban J connectivity index is 1.46. The van der Waals surface area contributed by atoms with E-state index in [1.807, 2.05) is 54.3 Å². The number of fused-ring (bicyclic) bond motifs is 2. The molecule has 0 spiro atoms. The van der Waals surface area contributed by atoms with Gasteiger partial charge in [-0.2, -0.15) is 10.2 Å². The van der Waals surface area contributed by atoms with Crippen LogP contribution in [0.2, 0.25) is 0 Å². The van der Waals surface area contributed by atoms with E-state index >= 15 is 0 Å². The minimum Gasteiger partial charge on any atom is -0.361 e. The third-order valence-electron chi connectivity index (χ3n) is 5.04. The molecule has 0 amide bonds. The van der Waals surface area contributed by atoms with Crippen LogP contribution in [0, 0.1) is 5.41 Å². The number of hydrazone groups is 1. The number of rotatable bonds is 6. The van der Waals surface area contributed by atoms with E-state index in [-0.39, 0.29) is 12.0 Å². The molecule has 1 unspecified atom stereocenters. The highest BCUT2D eigenvalue weighted by Crippen LogP contribution is 2.26. The molecule has 4 rings (SSSR count). The zero-order chi connectivity index (χ0) is 20.2. The second-order valence-corrected chi connectivity index (χ2v) is 7.05. The Bertz CT molecular complexity index is 1170. The first-order valence-corrected chi connectivity index (χ1v) is 9.79. The van der Waals surface area contributed by atoms with E-state index in [4.69, 9.17) is 5.41 Å². The van der Waals surface area contributed by atoms with Gasteiger partial charge in [0.2, 0.25) is 5.96 Å². The molecule has 2 aromatic carbocycles. The van der Waals surface area contributed by atoms with Crippen LogP contribution in [-0.2, 0) is 7.05 Å². The van der Waals surface area contributed by atoms with E-state index in [9.17, 15) is 0 Å². The summed E-state index contributed by atoms with van der Waals surface area (Å²) in [5.41, 5.74) is 6.86. The molecule has 2 aromatic heterocycles. The molecule has 0 saturated carbocycles. The quantitative estimate of drug-likeness (QED) is 0.228. The maximum atomic E-state index is 8.27. The van der Waals surface area contributed by atoms with Gasteiger partial charge in [0.15, 0.2) is 0 Å². The molecule has 4 aromatic rings. The number of benzene rings is 2. The van der Waals surface area contributed by atoms with Crippen molar-refractivity contribution in [2.75, 3.05) is 0 Å². The first-order valence-electron chi connectivity index (χ1n) is 9.79. The minimum absolute atomic E-state index is 0.0297. The van der Waals surface area contributed by atoms with Crippen LogP contribution in [-0.4, -0.2) is 26.9 Å². The highest BCUT2D eigenvalue weighted by Gasteiger charge is 2.16. The Morgan fingerprint density at radius 1 is 1.21 bits per heavy atom. The molecule has 0 radical (unpaired) electrons. The van der Waals surface area contributed by atoms with E-state index < -0.39 is 0 Å². The second kappa shape index (κ2) is 8.18. The Morgan fingerprint density at radius 2 is 1.97 bits per heavy atom. The van der Waals surface area contributed by atoms with Crippen molar-refractivity contribution < 1.29 is 0 Å². The van der Waals surface area contributed by atoms with Gasteiger partial charge in [0.05, 0.1) is 17.8 Å². The fourth-order valence-corrected chi connectivity index (χ4v) is 3.68. The lowest BCUT2D eigenvalue weighted by Gasteiger charge is -2.19. The number of hydrogen-bond acceptors (Lipinski definition) is 3. The third kappa shape index (κ3) is 3.85. The average molecular weight is 387 g/mol. The maximum absolute atomic E-state index is 8.27. The Hall–Kier alpha value is -3.61. The van der Waals surface area contributed by atoms with Crippen LogP contribution < -0.4 is 10.7 Å². The molecular formula is C22H25N7. The van der Waals surface area contributed by atoms with Gasteiger partial charge in [-0.15, -0.1) is 0 Å². The standard InChI is InChI=1S/C22H25N7/c1-3-8-19(17-13-24-18-11-6-4-9-15(17)18)26-22(23)27-25-14-20-16-10-5-7-12-21(16)29(2)28-20/h4-7,9-14,19,24H,3,8H2,1-2H3,(H3,23,26,27)/b25-14+. The van der Waals surface area contributed by atoms with Crippen LogP contribution in [0.1, 0.15) is 37.1 Å². The van der Waals surface area contributed by atoms with Gasteiger partial charge in [0.1, 0.15) is 5.69 Å². The molecule has 0 aliphatic rings. The van der Waals surface area contributed by atoms with Crippen molar-refractivity contribution in [1.82, 2.24) is 25.5 Å². The predicted octanol–water partition coefficient (Wildman–Crippen LogP) is 4.04. The lowest BCUT2D eigenvalue weighted by molar-refractivity contribution is 0.573. The molecule has 0 aliphatic heterocycles. The van der Waals surface area contributed by atoms with Gasteiger partial charge < -0.3 is 10.3 Å². The Kier molecular flexibility index (Phi) is 5.29. The van der Waals surface area contributed by atoms with E-state index in [0.717, 1.165) is 40.5 Å². The molecule has 0 aliphatic carbocycles. The minimum atomic E-state index is 0.0297. The predicted molar refractivity (Wildman–Crippen MR) is 118 cm³/mol.